The number of benzene rings is 1. The highest BCUT2D eigenvalue weighted by atomic mass is 16.5. The highest BCUT2D eigenvalue weighted by molar-refractivity contribution is 5.80. The molecule has 1 aliphatic carbocycles. The first-order valence-corrected chi connectivity index (χ1v) is 7.57. The maximum atomic E-state index is 11.2. The van der Waals surface area contributed by atoms with E-state index in [1.54, 1.807) is 0 Å². The van der Waals surface area contributed by atoms with Gasteiger partial charge in [-0.3, -0.25) is 4.79 Å². The number of unbranched alkanes of at least 4 members (excludes halogenated alkanes) is 2. The minimum atomic E-state index is 0.584. The number of ether oxygens (including phenoxy) is 1. The third kappa shape index (κ3) is 3.59. The van der Waals surface area contributed by atoms with Crippen molar-refractivity contribution in [3.8, 4) is 5.75 Å². The van der Waals surface area contributed by atoms with Crippen molar-refractivity contribution in [3.05, 3.63) is 29.3 Å². The van der Waals surface area contributed by atoms with Crippen LogP contribution in [-0.2, 0) is 0 Å². The zero-order valence-corrected chi connectivity index (χ0v) is 11.9. The molecule has 0 aliphatic heterocycles. The van der Waals surface area contributed by atoms with Gasteiger partial charge in [0.1, 0.15) is 5.75 Å². The molecule has 1 aromatic carbocycles. The van der Waals surface area contributed by atoms with Gasteiger partial charge >= 0.3 is 0 Å². The van der Waals surface area contributed by atoms with Gasteiger partial charge in [-0.1, -0.05) is 44.7 Å². The van der Waals surface area contributed by atoms with Crippen LogP contribution in [0.15, 0.2) is 18.2 Å². The van der Waals surface area contributed by atoms with Gasteiger partial charge in [-0.05, 0) is 36.8 Å². The SMILES string of the molecule is CCCCCOc1c(C=O)cccc1C1CCCC1. The minimum Gasteiger partial charge on any atom is -0.493 e. The second kappa shape index (κ2) is 7.32. The van der Waals surface area contributed by atoms with Crippen molar-refractivity contribution in [1.29, 1.82) is 0 Å². The highest BCUT2D eigenvalue weighted by Crippen LogP contribution is 2.39. The number of rotatable bonds is 7. The topological polar surface area (TPSA) is 26.3 Å². The van der Waals surface area contributed by atoms with Crippen molar-refractivity contribution in [2.75, 3.05) is 6.61 Å². The molecular weight excluding hydrogens is 236 g/mol. The molecule has 1 fully saturated rings. The Morgan fingerprint density at radius 2 is 2.05 bits per heavy atom. The average molecular weight is 260 g/mol. The van der Waals surface area contributed by atoms with E-state index in [0.29, 0.717) is 11.5 Å². The van der Waals surface area contributed by atoms with E-state index >= 15 is 0 Å². The number of para-hydroxylation sites is 1. The number of carbonyl (C=O) groups is 1. The lowest BCUT2D eigenvalue weighted by Gasteiger charge is -2.17. The molecule has 0 heterocycles. The standard InChI is InChI=1S/C17H24O2/c1-2-3-6-12-19-17-15(13-18)10-7-11-16(17)14-8-4-5-9-14/h7,10-11,13-14H,2-6,8-9,12H2,1H3. The first kappa shape index (κ1) is 14.1. The largest absolute Gasteiger partial charge is 0.493 e. The first-order valence-electron chi connectivity index (χ1n) is 7.57. The number of hydrogen-bond acceptors (Lipinski definition) is 2. The van der Waals surface area contributed by atoms with Gasteiger partial charge in [0, 0.05) is 0 Å². The van der Waals surface area contributed by atoms with Crippen molar-refractivity contribution in [2.24, 2.45) is 0 Å². The highest BCUT2D eigenvalue weighted by Gasteiger charge is 2.22. The van der Waals surface area contributed by atoms with Crippen molar-refractivity contribution < 1.29 is 9.53 Å². The molecule has 0 radical (unpaired) electrons. The van der Waals surface area contributed by atoms with Gasteiger partial charge in [-0.2, -0.15) is 0 Å². The molecule has 0 saturated heterocycles. The summed E-state index contributed by atoms with van der Waals surface area (Å²) in [6.45, 7) is 2.90. The lowest BCUT2D eigenvalue weighted by Crippen LogP contribution is -2.05. The van der Waals surface area contributed by atoms with E-state index in [2.05, 4.69) is 13.0 Å². The van der Waals surface area contributed by atoms with E-state index in [0.717, 1.165) is 25.1 Å². The lowest BCUT2D eigenvalue weighted by molar-refractivity contribution is 0.111. The van der Waals surface area contributed by atoms with Crippen molar-refractivity contribution in [1.82, 2.24) is 0 Å². The monoisotopic (exact) mass is 260 g/mol. The van der Waals surface area contributed by atoms with E-state index in [-0.39, 0.29) is 0 Å². The second-order valence-electron chi connectivity index (χ2n) is 5.42. The first-order chi connectivity index (χ1) is 9.36. The van der Waals surface area contributed by atoms with Crippen molar-refractivity contribution >= 4 is 6.29 Å². The Labute approximate surface area is 116 Å². The van der Waals surface area contributed by atoms with E-state index in [4.69, 9.17) is 4.74 Å². The molecule has 19 heavy (non-hydrogen) atoms. The van der Waals surface area contributed by atoms with Crippen LogP contribution in [-0.4, -0.2) is 12.9 Å². The fraction of sp³-hybridized carbons (Fsp3) is 0.588. The van der Waals surface area contributed by atoms with Gasteiger partial charge in [0.25, 0.3) is 0 Å². The van der Waals surface area contributed by atoms with Crippen LogP contribution < -0.4 is 4.74 Å². The Bertz CT molecular complexity index is 406. The van der Waals surface area contributed by atoms with Crippen molar-refractivity contribution in [2.45, 2.75) is 57.8 Å². The molecule has 0 amide bonds. The smallest absolute Gasteiger partial charge is 0.153 e. The van der Waals surface area contributed by atoms with Gasteiger partial charge in [0.05, 0.1) is 12.2 Å². The summed E-state index contributed by atoms with van der Waals surface area (Å²) in [6, 6.07) is 5.98. The Balaban J connectivity index is 2.14. The Hall–Kier alpha value is -1.31. The predicted octanol–water partition coefficient (Wildman–Crippen LogP) is 4.73. The van der Waals surface area contributed by atoms with E-state index in [9.17, 15) is 4.79 Å². The predicted molar refractivity (Wildman–Crippen MR) is 78.1 cm³/mol. The molecule has 2 nitrogen and oxygen atoms in total. The van der Waals surface area contributed by atoms with Gasteiger partial charge in [-0.25, -0.2) is 0 Å². The number of aldehydes is 1. The summed E-state index contributed by atoms with van der Waals surface area (Å²) in [7, 11) is 0. The summed E-state index contributed by atoms with van der Waals surface area (Å²) in [5, 5.41) is 0. The van der Waals surface area contributed by atoms with Gasteiger partial charge in [-0.15, -0.1) is 0 Å². The Morgan fingerprint density at radius 3 is 2.74 bits per heavy atom. The van der Waals surface area contributed by atoms with Crippen LogP contribution in [0.1, 0.15) is 73.7 Å². The molecule has 1 saturated carbocycles. The molecule has 0 atom stereocenters. The summed E-state index contributed by atoms with van der Waals surface area (Å²) in [5.74, 6) is 1.43. The van der Waals surface area contributed by atoms with Crippen LogP contribution in [0.5, 0.6) is 5.75 Å². The van der Waals surface area contributed by atoms with Crippen LogP contribution in [0.2, 0.25) is 0 Å². The molecule has 0 spiro atoms. The summed E-state index contributed by atoms with van der Waals surface area (Å²) >= 11 is 0. The molecule has 2 heteroatoms. The number of carbonyl (C=O) groups excluding carboxylic acids is 1. The van der Waals surface area contributed by atoms with E-state index in [1.165, 1.54) is 44.1 Å². The minimum absolute atomic E-state index is 0.584. The third-order valence-corrected chi connectivity index (χ3v) is 3.99. The average Bonchev–Trinajstić information content (AvgIpc) is 2.97. The normalized spacial score (nSPS) is 15.6. The van der Waals surface area contributed by atoms with Gasteiger partial charge in [0.2, 0.25) is 0 Å². The van der Waals surface area contributed by atoms with Crippen LogP contribution in [0.25, 0.3) is 0 Å². The molecule has 0 N–H and O–H groups in total. The van der Waals surface area contributed by atoms with Crippen LogP contribution in [0.3, 0.4) is 0 Å². The Morgan fingerprint density at radius 1 is 1.26 bits per heavy atom. The Kier molecular flexibility index (Phi) is 5.44. The van der Waals surface area contributed by atoms with Gasteiger partial charge in [0.15, 0.2) is 6.29 Å². The fourth-order valence-electron chi connectivity index (χ4n) is 2.92. The zero-order valence-electron chi connectivity index (χ0n) is 11.9. The van der Waals surface area contributed by atoms with Crippen LogP contribution >= 0.6 is 0 Å². The van der Waals surface area contributed by atoms with E-state index < -0.39 is 0 Å². The summed E-state index contributed by atoms with van der Waals surface area (Å²) < 4.78 is 5.94. The summed E-state index contributed by atoms with van der Waals surface area (Å²) in [4.78, 5) is 11.2. The number of hydrogen-bond donors (Lipinski definition) is 0. The summed E-state index contributed by atoms with van der Waals surface area (Å²) in [5.41, 5.74) is 1.96. The van der Waals surface area contributed by atoms with Gasteiger partial charge < -0.3 is 4.74 Å². The third-order valence-electron chi connectivity index (χ3n) is 3.99. The molecule has 0 unspecified atom stereocenters. The second-order valence-corrected chi connectivity index (χ2v) is 5.42. The maximum Gasteiger partial charge on any atom is 0.153 e. The molecular formula is C17H24O2. The molecule has 0 bridgehead atoms. The molecule has 2 rings (SSSR count). The molecule has 1 aromatic rings. The van der Waals surface area contributed by atoms with Crippen molar-refractivity contribution in [3.63, 3.8) is 0 Å². The van der Waals surface area contributed by atoms with Crippen LogP contribution in [0.4, 0.5) is 0 Å². The maximum absolute atomic E-state index is 11.2. The molecule has 0 aromatic heterocycles. The lowest BCUT2D eigenvalue weighted by atomic mass is 9.95. The zero-order chi connectivity index (χ0) is 13.5. The van der Waals surface area contributed by atoms with Crippen LogP contribution in [0, 0.1) is 0 Å². The van der Waals surface area contributed by atoms with E-state index in [1.807, 2.05) is 12.1 Å². The quantitative estimate of drug-likeness (QED) is 0.523. The molecule has 104 valence electrons. The molecule has 1 aliphatic rings. The fourth-order valence-corrected chi connectivity index (χ4v) is 2.92. The summed E-state index contributed by atoms with van der Waals surface area (Å²) in [6.07, 6.45) is 9.41.